The van der Waals surface area contributed by atoms with Crippen molar-refractivity contribution in [1.29, 1.82) is 0 Å². The van der Waals surface area contributed by atoms with Crippen LogP contribution in [0, 0.1) is 0 Å². The number of aromatic amines is 1. The van der Waals surface area contributed by atoms with Crippen LogP contribution in [0.25, 0.3) is 0 Å². The molecule has 0 radical (unpaired) electrons. The molecule has 0 unspecified atom stereocenters. The summed E-state index contributed by atoms with van der Waals surface area (Å²) in [7, 11) is 1.61. The van der Waals surface area contributed by atoms with Gasteiger partial charge in [0.1, 0.15) is 11.7 Å². The van der Waals surface area contributed by atoms with Crippen LogP contribution in [0.2, 0.25) is 0 Å². The highest BCUT2D eigenvalue weighted by Gasteiger charge is 2.25. The molecule has 0 bridgehead atoms. The number of anilines is 1. The number of nitrogens with zero attached hydrogens (tertiary/aromatic N) is 3. The molecule has 0 aliphatic rings. The third-order valence-corrected chi connectivity index (χ3v) is 4.41. The van der Waals surface area contributed by atoms with Crippen LogP contribution in [0.15, 0.2) is 48.5 Å². The Morgan fingerprint density at radius 3 is 2.59 bits per heavy atom. The Morgan fingerprint density at radius 2 is 1.96 bits per heavy atom. The van der Waals surface area contributed by atoms with Gasteiger partial charge < -0.3 is 10.1 Å². The summed E-state index contributed by atoms with van der Waals surface area (Å²) in [5.41, 5.74) is 2.91. The molecule has 140 valence electrons. The standard InChI is InChI=1S/C20H23N5O2/c1-13(2)15-7-9-16(10-8-15)21-20(26)18(19-22-24-25-23-19)12-14-5-4-6-17(11-14)27-3/h4-11,13,18H,12H2,1-3H3,(H,21,26)(H,22,23,24,25)/t18-/m0/s1. The number of nitrogens with one attached hydrogen (secondary N) is 2. The number of H-pyrrole nitrogens is 1. The quantitative estimate of drug-likeness (QED) is 0.670. The van der Waals surface area contributed by atoms with Gasteiger partial charge in [0.05, 0.1) is 7.11 Å². The van der Waals surface area contributed by atoms with E-state index in [9.17, 15) is 4.79 Å². The summed E-state index contributed by atoms with van der Waals surface area (Å²) in [5, 5.41) is 17.0. The molecule has 7 heteroatoms. The van der Waals surface area contributed by atoms with Gasteiger partial charge in [0, 0.05) is 5.69 Å². The van der Waals surface area contributed by atoms with Gasteiger partial charge in [0.2, 0.25) is 5.91 Å². The minimum Gasteiger partial charge on any atom is -0.497 e. The molecule has 2 N–H and O–H groups in total. The lowest BCUT2D eigenvalue weighted by Gasteiger charge is -2.15. The zero-order chi connectivity index (χ0) is 19.2. The second-order valence-corrected chi connectivity index (χ2v) is 6.64. The van der Waals surface area contributed by atoms with E-state index in [0.717, 1.165) is 17.0 Å². The number of ether oxygens (including phenoxy) is 1. The molecule has 3 aromatic rings. The SMILES string of the molecule is COc1cccc(C[C@H](C(=O)Nc2ccc(C(C)C)cc2)c2nn[nH]n2)c1. The normalized spacial score (nSPS) is 12.0. The number of carbonyl (C=O) groups is 1. The smallest absolute Gasteiger partial charge is 0.235 e. The molecular formula is C20H23N5O2. The number of methoxy groups -OCH3 is 1. The molecular weight excluding hydrogens is 342 g/mol. The molecule has 0 aliphatic carbocycles. The molecule has 0 fully saturated rings. The van der Waals surface area contributed by atoms with Crippen LogP contribution in [-0.2, 0) is 11.2 Å². The molecule has 7 nitrogen and oxygen atoms in total. The van der Waals surface area contributed by atoms with Crippen molar-refractivity contribution in [2.24, 2.45) is 0 Å². The van der Waals surface area contributed by atoms with Gasteiger partial charge >= 0.3 is 0 Å². The molecule has 1 heterocycles. The van der Waals surface area contributed by atoms with Gasteiger partial charge in [0.25, 0.3) is 0 Å². The number of aromatic nitrogens is 4. The minimum absolute atomic E-state index is 0.184. The van der Waals surface area contributed by atoms with Gasteiger partial charge in [-0.15, -0.1) is 10.2 Å². The third-order valence-electron chi connectivity index (χ3n) is 4.41. The van der Waals surface area contributed by atoms with E-state index in [0.29, 0.717) is 18.2 Å². The zero-order valence-electron chi connectivity index (χ0n) is 15.6. The first-order valence-corrected chi connectivity index (χ1v) is 8.84. The highest BCUT2D eigenvalue weighted by Crippen LogP contribution is 2.23. The molecule has 3 rings (SSSR count). The Bertz CT molecular complexity index is 876. The summed E-state index contributed by atoms with van der Waals surface area (Å²) in [6.45, 7) is 4.27. The molecule has 0 spiro atoms. The summed E-state index contributed by atoms with van der Waals surface area (Å²) >= 11 is 0. The van der Waals surface area contributed by atoms with Crippen LogP contribution >= 0.6 is 0 Å². The number of rotatable bonds is 7. The van der Waals surface area contributed by atoms with E-state index >= 15 is 0 Å². The van der Waals surface area contributed by atoms with Crippen molar-refractivity contribution in [1.82, 2.24) is 20.6 Å². The number of carbonyl (C=O) groups excluding carboxylic acids is 1. The lowest BCUT2D eigenvalue weighted by atomic mass is 9.97. The zero-order valence-corrected chi connectivity index (χ0v) is 15.6. The molecule has 1 atom stereocenters. The predicted octanol–water partition coefficient (Wildman–Crippen LogP) is 3.30. The maximum absolute atomic E-state index is 12.9. The number of hydrogen-bond acceptors (Lipinski definition) is 5. The molecule has 1 aromatic heterocycles. The van der Waals surface area contributed by atoms with Gasteiger partial charge in [-0.1, -0.05) is 43.3 Å². The largest absolute Gasteiger partial charge is 0.497 e. The van der Waals surface area contributed by atoms with Gasteiger partial charge in [-0.2, -0.15) is 5.21 Å². The summed E-state index contributed by atoms with van der Waals surface area (Å²) < 4.78 is 5.26. The first kappa shape index (κ1) is 18.6. The molecule has 1 amide bonds. The second-order valence-electron chi connectivity index (χ2n) is 6.64. The fourth-order valence-corrected chi connectivity index (χ4v) is 2.83. The van der Waals surface area contributed by atoms with Crippen LogP contribution in [0.3, 0.4) is 0 Å². The topological polar surface area (TPSA) is 92.8 Å². The Hall–Kier alpha value is -3.22. The van der Waals surface area contributed by atoms with E-state index < -0.39 is 5.92 Å². The molecule has 0 aliphatic heterocycles. The van der Waals surface area contributed by atoms with Crippen molar-refractivity contribution in [3.8, 4) is 5.75 Å². The summed E-state index contributed by atoms with van der Waals surface area (Å²) in [6.07, 6.45) is 0.437. The Morgan fingerprint density at radius 1 is 1.19 bits per heavy atom. The van der Waals surface area contributed by atoms with Gasteiger partial charge in [0.15, 0.2) is 5.82 Å². The van der Waals surface area contributed by atoms with E-state index in [1.54, 1.807) is 7.11 Å². The molecule has 0 saturated heterocycles. The lowest BCUT2D eigenvalue weighted by molar-refractivity contribution is -0.117. The fourth-order valence-electron chi connectivity index (χ4n) is 2.83. The van der Waals surface area contributed by atoms with Crippen LogP contribution in [-0.4, -0.2) is 33.6 Å². The molecule has 0 saturated carbocycles. The van der Waals surface area contributed by atoms with Crippen LogP contribution < -0.4 is 10.1 Å². The lowest BCUT2D eigenvalue weighted by Crippen LogP contribution is -2.24. The number of hydrogen-bond donors (Lipinski definition) is 2. The second kappa shape index (κ2) is 8.44. The van der Waals surface area contributed by atoms with E-state index in [1.807, 2.05) is 48.5 Å². The third kappa shape index (κ3) is 4.69. The van der Waals surface area contributed by atoms with Crippen molar-refractivity contribution in [3.63, 3.8) is 0 Å². The molecule has 27 heavy (non-hydrogen) atoms. The average Bonchev–Trinajstić information content (AvgIpc) is 3.21. The monoisotopic (exact) mass is 365 g/mol. The van der Waals surface area contributed by atoms with E-state index in [-0.39, 0.29) is 5.91 Å². The van der Waals surface area contributed by atoms with Gasteiger partial charge in [-0.25, -0.2) is 0 Å². The van der Waals surface area contributed by atoms with Crippen molar-refractivity contribution in [2.75, 3.05) is 12.4 Å². The highest BCUT2D eigenvalue weighted by molar-refractivity contribution is 5.95. The fraction of sp³-hybridized carbons (Fsp3) is 0.300. The number of benzene rings is 2. The molecule has 2 aromatic carbocycles. The summed E-state index contributed by atoms with van der Waals surface area (Å²) in [6, 6.07) is 15.5. The van der Waals surface area contributed by atoms with E-state index in [4.69, 9.17) is 4.74 Å². The van der Waals surface area contributed by atoms with Crippen LogP contribution in [0.1, 0.15) is 42.6 Å². The number of tetrazole rings is 1. The van der Waals surface area contributed by atoms with Gasteiger partial charge in [-0.3, -0.25) is 4.79 Å². The van der Waals surface area contributed by atoms with E-state index in [2.05, 4.69) is 39.8 Å². The highest BCUT2D eigenvalue weighted by atomic mass is 16.5. The summed E-state index contributed by atoms with van der Waals surface area (Å²) in [4.78, 5) is 12.9. The summed E-state index contributed by atoms with van der Waals surface area (Å²) in [5.74, 6) is 0.783. The number of amides is 1. The van der Waals surface area contributed by atoms with E-state index in [1.165, 1.54) is 5.56 Å². The maximum Gasteiger partial charge on any atom is 0.235 e. The first-order valence-electron chi connectivity index (χ1n) is 8.84. The van der Waals surface area contributed by atoms with Crippen molar-refractivity contribution < 1.29 is 9.53 Å². The average molecular weight is 365 g/mol. The Labute approximate surface area is 158 Å². The van der Waals surface area contributed by atoms with Crippen LogP contribution in [0.4, 0.5) is 5.69 Å². The Kier molecular flexibility index (Phi) is 5.80. The predicted molar refractivity (Wildman–Crippen MR) is 103 cm³/mol. The minimum atomic E-state index is -0.569. The maximum atomic E-state index is 12.9. The Balaban J connectivity index is 1.79. The van der Waals surface area contributed by atoms with Crippen molar-refractivity contribution in [3.05, 3.63) is 65.5 Å². The van der Waals surface area contributed by atoms with Crippen molar-refractivity contribution >= 4 is 11.6 Å². The first-order chi connectivity index (χ1) is 13.1. The van der Waals surface area contributed by atoms with Crippen molar-refractivity contribution in [2.45, 2.75) is 32.1 Å². The van der Waals surface area contributed by atoms with Gasteiger partial charge in [-0.05, 0) is 47.7 Å². The van der Waals surface area contributed by atoms with Crippen LogP contribution in [0.5, 0.6) is 5.75 Å².